The Morgan fingerprint density at radius 3 is 2.59 bits per heavy atom. The van der Waals surface area contributed by atoms with Gasteiger partial charge in [-0.05, 0) is 31.2 Å². The smallest absolute Gasteiger partial charge is 0.248 e. The lowest BCUT2D eigenvalue weighted by Gasteiger charge is -2.13. The molecule has 1 atom stereocenters. The molecule has 2 aromatic heterocycles. The average molecular weight is 379 g/mol. The van der Waals surface area contributed by atoms with E-state index >= 15 is 0 Å². The molecule has 0 aliphatic heterocycles. The highest BCUT2D eigenvalue weighted by molar-refractivity contribution is 7.21. The van der Waals surface area contributed by atoms with Crippen LogP contribution in [0, 0.1) is 0 Å². The molecule has 0 saturated heterocycles. The van der Waals surface area contributed by atoms with Crippen molar-refractivity contribution in [3.8, 4) is 10.6 Å². The van der Waals surface area contributed by atoms with Gasteiger partial charge < -0.3 is 9.84 Å². The van der Waals surface area contributed by atoms with E-state index in [0.29, 0.717) is 5.89 Å². The van der Waals surface area contributed by atoms with Crippen LogP contribution >= 0.6 is 11.3 Å². The second-order valence-corrected chi connectivity index (χ2v) is 8.67. The summed E-state index contributed by atoms with van der Waals surface area (Å²) in [6.45, 7) is 8.23. The molecule has 0 unspecified atom stereocenters. The first-order valence-electron chi connectivity index (χ1n) is 8.97. The summed E-state index contributed by atoms with van der Waals surface area (Å²) in [5.74, 6) is 1.31. The third-order valence-corrected chi connectivity index (χ3v) is 5.36. The summed E-state index contributed by atoms with van der Waals surface area (Å²) < 4.78 is 6.64. The first kappa shape index (κ1) is 17.7. The van der Waals surface area contributed by atoms with Gasteiger partial charge in [-0.3, -0.25) is 0 Å². The molecule has 0 fully saturated rings. The van der Waals surface area contributed by atoms with Gasteiger partial charge in [0.15, 0.2) is 5.82 Å². The van der Waals surface area contributed by atoms with E-state index in [1.165, 1.54) is 4.70 Å². The van der Waals surface area contributed by atoms with E-state index in [2.05, 4.69) is 54.4 Å². The zero-order valence-electron chi connectivity index (χ0n) is 15.9. The molecule has 6 heteroatoms. The number of aromatic nitrogens is 3. The predicted molar refractivity (Wildman–Crippen MR) is 110 cm³/mol. The number of anilines is 1. The molecule has 2 aromatic carbocycles. The minimum absolute atomic E-state index is 0.0841. The van der Waals surface area contributed by atoms with Crippen LogP contribution < -0.4 is 5.32 Å². The van der Waals surface area contributed by atoms with Crippen molar-refractivity contribution in [3.05, 3.63) is 60.2 Å². The highest BCUT2D eigenvalue weighted by Crippen LogP contribution is 2.32. The SMILES string of the molecule is C[C@@H](Nc1cccc(-c2nc3ccccc3s2)c1)c1nc(C(C)(C)C)no1. The number of nitrogens with one attached hydrogen (secondary N) is 1. The molecule has 0 amide bonds. The second kappa shape index (κ2) is 6.78. The van der Waals surface area contributed by atoms with Gasteiger partial charge in [-0.1, -0.05) is 50.2 Å². The lowest BCUT2D eigenvalue weighted by Crippen LogP contribution is -2.14. The molecule has 4 rings (SSSR count). The normalized spacial score (nSPS) is 13.0. The van der Waals surface area contributed by atoms with Crippen LogP contribution in [-0.4, -0.2) is 15.1 Å². The molecular weight excluding hydrogens is 356 g/mol. The van der Waals surface area contributed by atoms with Gasteiger partial charge in [0.1, 0.15) is 11.0 Å². The fourth-order valence-electron chi connectivity index (χ4n) is 2.77. The Balaban J connectivity index is 1.56. The van der Waals surface area contributed by atoms with Crippen LogP contribution in [0.4, 0.5) is 5.69 Å². The van der Waals surface area contributed by atoms with Crippen molar-refractivity contribution in [2.45, 2.75) is 39.2 Å². The van der Waals surface area contributed by atoms with Crippen LogP contribution in [0.3, 0.4) is 0 Å². The Bertz CT molecular complexity index is 1040. The van der Waals surface area contributed by atoms with Crippen LogP contribution in [0.1, 0.15) is 45.5 Å². The third-order valence-electron chi connectivity index (χ3n) is 4.27. The first-order valence-corrected chi connectivity index (χ1v) is 9.78. The van der Waals surface area contributed by atoms with E-state index in [0.717, 1.165) is 27.6 Å². The zero-order chi connectivity index (χ0) is 19.0. The molecular formula is C21H22N4OS. The lowest BCUT2D eigenvalue weighted by atomic mass is 9.96. The summed E-state index contributed by atoms with van der Waals surface area (Å²) >= 11 is 1.70. The predicted octanol–water partition coefficient (Wildman–Crippen LogP) is 5.82. The molecule has 0 spiro atoms. The topological polar surface area (TPSA) is 63.8 Å². The Hall–Kier alpha value is -2.73. The van der Waals surface area contributed by atoms with Gasteiger partial charge in [-0.2, -0.15) is 4.98 Å². The first-order chi connectivity index (χ1) is 12.9. The third kappa shape index (κ3) is 3.71. The molecule has 0 saturated carbocycles. The fraction of sp³-hybridized carbons (Fsp3) is 0.286. The maximum Gasteiger partial charge on any atom is 0.248 e. The van der Waals surface area contributed by atoms with Crippen molar-refractivity contribution in [2.24, 2.45) is 0 Å². The van der Waals surface area contributed by atoms with E-state index in [-0.39, 0.29) is 11.5 Å². The van der Waals surface area contributed by atoms with E-state index in [4.69, 9.17) is 9.51 Å². The van der Waals surface area contributed by atoms with Gasteiger partial charge in [-0.25, -0.2) is 4.98 Å². The number of benzene rings is 2. The van der Waals surface area contributed by atoms with Crippen molar-refractivity contribution in [1.29, 1.82) is 0 Å². The van der Waals surface area contributed by atoms with Crippen molar-refractivity contribution < 1.29 is 4.52 Å². The van der Waals surface area contributed by atoms with Gasteiger partial charge in [0.05, 0.1) is 10.2 Å². The van der Waals surface area contributed by atoms with Gasteiger partial charge in [0.25, 0.3) is 0 Å². The summed E-state index contributed by atoms with van der Waals surface area (Å²) in [6.07, 6.45) is 0. The molecule has 4 aromatic rings. The second-order valence-electron chi connectivity index (χ2n) is 7.64. The van der Waals surface area contributed by atoms with Crippen molar-refractivity contribution in [2.75, 3.05) is 5.32 Å². The number of hydrogen-bond donors (Lipinski definition) is 1. The number of para-hydroxylation sites is 1. The number of hydrogen-bond acceptors (Lipinski definition) is 6. The highest BCUT2D eigenvalue weighted by Gasteiger charge is 2.23. The van der Waals surface area contributed by atoms with Gasteiger partial charge >= 0.3 is 0 Å². The van der Waals surface area contributed by atoms with E-state index < -0.39 is 0 Å². The minimum Gasteiger partial charge on any atom is -0.374 e. The standard InChI is InChI=1S/C21H22N4OS/c1-13(18-24-20(25-26-18)21(2,3)4)22-15-9-7-8-14(12-15)19-23-16-10-5-6-11-17(16)27-19/h5-13,22H,1-4H3/t13-/m1/s1. The van der Waals surface area contributed by atoms with E-state index in [1.807, 2.05) is 37.3 Å². The minimum atomic E-state index is -0.131. The van der Waals surface area contributed by atoms with Crippen LogP contribution in [0.2, 0.25) is 0 Å². The quantitative estimate of drug-likeness (QED) is 0.485. The Morgan fingerprint density at radius 1 is 1.04 bits per heavy atom. The largest absolute Gasteiger partial charge is 0.374 e. The van der Waals surface area contributed by atoms with Crippen LogP contribution in [0.15, 0.2) is 53.1 Å². The summed E-state index contributed by atoms with van der Waals surface area (Å²) in [5.41, 5.74) is 2.99. The van der Waals surface area contributed by atoms with E-state index in [1.54, 1.807) is 11.3 Å². The van der Waals surface area contributed by atoms with Crippen LogP contribution in [0.5, 0.6) is 0 Å². The van der Waals surface area contributed by atoms with Crippen molar-refractivity contribution in [3.63, 3.8) is 0 Å². The summed E-state index contributed by atoms with van der Waals surface area (Å²) in [5, 5.41) is 8.57. The highest BCUT2D eigenvalue weighted by atomic mass is 32.1. The molecule has 27 heavy (non-hydrogen) atoms. The molecule has 0 radical (unpaired) electrons. The monoisotopic (exact) mass is 378 g/mol. The molecule has 2 heterocycles. The molecule has 138 valence electrons. The molecule has 5 nitrogen and oxygen atoms in total. The Kier molecular flexibility index (Phi) is 4.44. The number of fused-ring (bicyclic) bond motifs is 1. The lowest BCUT2D eigenvalue weighted by molar-refractivity contribution is 0.354. The fourth-order valence-corrected chi connectivity index (χ4v) is 3.73. The van der Waals surface area contributed by atoms with Gasteiger partial charge in [0, 0.05) is 16.7 Å². The summed E-state index contributed by atoms with van der Waals surface area (Å²) in [4.78, 5) is 9.28. The maximum atomic E-state index is 5.45. The zero-order valence-corrected chi connectivity index (χ0v) is 16.7. The van der Waals surface area contributed by atoms with Crippen LogP contribution in [0.25, 0.3) is 20.8 Å². The van der Waals surface area contributed by atoms with Crippen molar-refractivity contribution in [1.82, 2.24) is 15.1 Å². The molecule has 0 aliphatic carbocycles. The number of nitrogens with zero attached hydrogens (tertiary/aromatic N) is 3. The Morgan fingerprint density at radius 2 is 1.85 bits per heavy atom. The number of rotatable bonds is 4. The van der Waals surface area contributed by atoms with E-state index in [9.17, 15) is 0 Å². The van der Waals surface area contributed by atoms with Crippen molar-refractivity contribution >= 4 is 27.2 Å². The van der Waals surface area contributed by atoms with Gasteiger partial charge in [0.2, 0.25) is 5.89 Å². The van der Waals surface area contributed by atoms with Crippen LogP contribution in [-0.2, 0) is 5.41 Å². The number of thiazole rings is 1. The molecule has 1 N–H and O–H groups in total. The average Bonchev–Trinajstić information content (AvgIpc) is 3.29. The summed E-state index contributed by atoms with van der Waals surface area (Å²) in [7, 11) is 0. The maximum absolute atomic E-state index is 5.45. The Labute approximate surface area is 162 Å². The van der Waals surface area contributed by atoms with Gasteiger partial charge in [-0.15, -0.1) is 11.3 Å². The summed E-state index contributed by atoms with van der Waals surface area (Å²) in [6, 6.07) is 16.4. The molecule has 0 bridgehead atoms. The molecule has 0 aliphatic rings.